The highest BCUT2D eigenvalue weighted by atomic mass is 32.2. The van der Waals surface area contributed by atoms with Crippen molar-refractivity contribution in [3.63, 3.8) is 0 Å². The lowest BCUT2D eigenvalue weighted by molar-refractivity contribution is -0.140. The SMILES string of the molecule is COc1cc(C)nc(CSCC(C)C(=O)O)c1. The lowest BCUT2D eigenvalue weighted by Crippen LogP contribution is -2.11. The number of methoxy groups -OCH3 is 1. The molecule has 5 heteroatoms. The molecule has 1 rings (SSSR count). The first-order chi connectivity index (χ1) is 8.02. The summed E-state index contributed by atoms with van der Waals surface area (Å²) in [5.74, 6) is 1.00. The molecule has 94 valence electrons. The van der Waals surface area contributed by atoms with Crippen LogP contribution >= 0.6 is 11.8 Å². The average Bonchev–Trinajstić information content (AvgIpc) is 2.27. The van der Waals surface area contributed by atoms with Gasteiger partial charge < -0.3 is 9.84 Å². The normalized spacial score (nSPS) is 12.2. The molecule has 0 spiro atoms. The van der Waals surface area contributed by atoms with Gasteiger partial charge in [0.1, 0.15) is 5.75 Å². The molecule has 0 aliphatic rings. The molecule has 1 aromatic rings. The van der Waals surface area contributed by atoms with Crippen molar-refractivity contribution < 1.29 is 14.6 Å². The average molecular weight is 255 g/mol. The number of aryl methyl sites for hydroxylation is 1. The minimum atomic E-state index is -0.757. The number of pyridine rings is 1. The molecule has 0 amide bonds. The van der Waals surface area contributed by atoms with Gasteiger partial charge in [0.25, 0.3) is 0 Å². The second kappa shape index (κ2) is 6.49. The molecule has 0 saturated heterocycles. The number of hydrogen-bond donors (Lipinski definition) is 1. The molecular weight excluding hydrogens is 238 g/mol. The molecule has 0 radical (unpaired) electrons. The zero-order chi connectivity index (χ0) is 12.8. The van der Waals surface area contributed by atoms with Gasteiger partial charge in [0.15, 0.2) is 0 Å². The van der Waals surface area contributed by atoms with Gasteiger partial charge in [-0.2, -0.15) is 11.8 Å². The lowest BCUT2D eigenvalue weighted by atomic mass is 10.2. The van der Waals surface area contributed by atoms with Crippen molar-refractivity contribution in [2.24, 2.45) is 5.92 Å². The third kappa shape index (κ3) is 4.65. The molecule has 1 heterocycles. The largest absolute Gasteiger partial charge is 0.497 e. The Hall–Kier alpha value is -1.23. The molecule has 1 unspecified atom stereocenters. The lowest BCUT2D eigenvalue weighted by Gasteiger charge is -2.07. The zero-order valence-electron chi connectivity index (χ0n) is 10.3. The standard InChI is InChI=1S/C12H17NO3S/c1-8(12(14)15)6-17-7-10-5-11(16-3)4-9(2)13-10/h4-5,8H,6-7H2,1-3H3,(H,14,15). The van der Waals surface area contributed by atoms with E-state index in [9.17, 15) is 4.79 Å². The van der Waals surface area contributed by atoms with Gasteiger partial charge in [-0.25, -0.2) is 0 Å². The number of aromatic nitrogens is 1. The second-order valence-electron chi connectivity index (χ2n) is 3.89. The number of rotatable bonds is 6. The molecule has 4 nitrogen and oxygen atoms in total. The number of carboxylic acid groups (broad SMARTS) is 1. The monoisotopic (exact) mass is 255 g/mol. The molecule has 0 bridgehead atoms. The second-order valence-corrected chi connectivity index (χ2v) is 4.92. The van der Waals surface area contributed by atoms with Crippen LogP contribution < -0.4 is 4.74 Å². The zero-order valence-corrected chi connectivity index (χ0v) is 11.1. The molecule has 0 aliphatic carbocycles. The topological polar surface area (TPSA) is 59.4 Å². The van der Waals surface area contributed by atoms with Crippen molar-refractivity contribution in [2.75, 3.05) is 12.9 Å². The summed E-state index contributed by atoms with van der Waals surface area (Å²) in [6.45, 7) is 3.62. The Morgan fingerprint density at radius 2 is 2.29 bits per heavy atom. The third-order valence-corrected chi connectivity index (χ3v) is 3.49. The van der Waals surface area contributed by atoms with Crippen LogP contribution in [0.15, 0.2) is 12.1 Å². The highest BCUT2D eigenvalue weighted by Gasteiger charge is 2.10. The highest BCUT2D eigenvalue weighted by Crippen LogP contribution is 2.19. The van der Waals surface area contributed by atoms with Crippen molar-refractivity contribution in [1.29, 1.82) is 0 Å². The summed E-state index contributed by atoms with van der Waals surface area (Å²) < 4.78 is 5.16. The third-order valence-electron chi connectivity index (χ3n) is 2.26. The maximum atomic E-state index is 10.6. The van der Waals surface area contributed by atoms with Crippen LogP contribution in [0, 0.1) is 12.8 Å². The first kappa shape index (κ1) is 13.8. The fourth-order valence-corrected chi connectivity index (χ4v) is 2.28. The van der Waals surface area contributed by atoms with Crippen LogP contribution in [0.2, 0.25) is 0 Å². The smallest absolute Gasteiger partial charge is 0.307 e. The van der Waals surface area contributed by atoms with Crippen LogP contribution in [0.1, 0.15) is 18.3 Å². The molecule has 1 atom stereocenters. The van der Waals surface area contributed by atoms with E-state index in [1.54, 1.807) is 25.8 Å². The van der Waals surface area contributed by atoms with E-state index in [2.05, 4.69) is 4.98 Å². The molecule has 0 aliphatic heterocycles. The van der Waals surface area contributed by atoms with Gasteiger partial charge in [-0.1, -0.05) is 6.92 Å². The fraction of sp³-hybridized carbons (Fsp3) is 0.500. The molecule has 17 heavy (non-hydrogen) atoms. The minimum absolute atomic E-state index is 0.327. The van der Waals surface area contributed by atoms with Crippen LogP contribution in [-0.4, -0.2) is 28.9 Å². The number of carbonyl (C=O) groups is 1. The summed E-state index contributed by atoms with van der Waals surface area (Å²) in [7, 11) is 1.62. The Bertz CT molecular complexity index is 395. The molecular formula is C12H17NO3S. The summed E-state index contributed by atoms with van der Waals surface area (Å²) in [6.07, 6.45) is 0. The summed E-state index contributed by atoms with van der Waals surface area (Å²) in [4.78, 5) is 15.0. The minimum Gasteiger partial charge on any atom is -0.497 e. The highest BCUT2D eigenvalue weighted by molar-refractivity contribution is 7.98. The summed E-state index contributed by atoms with van der Waals surface area (Å²) in [6, 6.07) is 3.75. The van der Waals surface area contributed by atoms with Gasteiger partial charge in [0.05, 0.1) is 18.7 Å². The van der Waals surface area contributed by atoms with Gasteiger partial charge in [-0.3, -0.25) is 9.78 Å². The molecule has 0 fully saturated rings. The molecule has 0 saturated carbocycles. The Kier molecular flexibility index (Phi) is 5.28. The number of carboxylic acids is 1. The maximum Gasteiger partial charge on any atom is 0.307 e. The molecule has 1 N–H and O–H groups in total. The van der Waals surface area contributed by atoms with E-state index < -0.39 is 5.97 Å². The number of nitrogens with zero attached hydrogens (tertiary/aromatic N) is 1. The van der Waals surface area contributed by atoms with Crippen LogP contribution in [0.4, 0.5) is 0 Å². The van der Waals surface area contributed by atoms with Crippen molar-refractivity contribution in [2.45, 2.75) is 19.6 Å². The van der Waals surface area contributed by atoms with Crippen molar-refractivity contribution in [3.8, 4) is 5.75 Å². The fourth-order valence-electron chi connectivity index (χ4n) is 1.31. The predicted molar refractivity (Wildman–Crippen MR) is 68.5 cm³/mol. The number of ether oxygens (including phenoxy) is 1. The van der Waals surface area contributed by atoms with Gasteiger partial charge in [0.2, 0.25) is 0 Å². The van der Waals surface area contributed by atoms with Gasteiger partial charge >= 0.3 is 5.97 Å². The van der Waals surface area contributed by atoms with E-state index in [0.29, 0.717) is 11.5 Å². The van der Waals surface area contributed by atoms with Crippen LogP contribution in [0.5, 0.6) is 5.75 Å². The number of aliphatic carboxylic acids is 1. The Morgan fingerprint density at radius 3 is 2.88 bits per heavy atom. The first-order valence-corrected chi connectivity index (χ1v) is 6.50. The quantitative estimate of drug-likeness (QED) is 0.845. The van der Waals surface area contributed by atoms with Crippen LogP contribution in [0.3, 0.4) is 0 Å². The van der Waals surface area contributed by atoms with Crippen molar-refractivity contribution in [1.82, 2.24) is 4.98 Å². The van der Waals surface area contributed by atoms with E-state index in [4.69, 9.17) is 9.84 Å². The molecule has 1 aromatic heterocycles. The van der Waals surface area contributed by atoms with E-state index >= 15 is 0 Å². The van der Waals surface area contributed by atoms with Gasteiger partial charge in [-0.05, 0) is 6.92 Å². The van der Waals surface area contributed by atoms with Crippen LogP contribution in [-0.2, 0) is 10.5 Å². The molecule has 0 aromatic carbocycles. The number of hydrogen-bond acceptors (Lipinski definition) is 4. The van der Waals surface area contributed by atoms with E-state index in [0.717, 1.165) is 17.1 Å². The van der Waals surface area contributed by atoms with Gasteiger partial charge in [-0.15, -0.1) is 0 Å². The van der Waals surface area contributed by atoms with E-state index in [1.807, 2.05) is 19.1 Å². The van der Waals surface area contributed by atoms with Crippen LogP contribution in [0.25, 0.3) is 0 Å². The van der Waals surface area contributed by atoms with E-state index in [-0.39, 0.29) is 5.92 Å². The maximum absolute atomic E-state index is 10.6. The van der Waals surface area contributed by atoms with Crippen molar-refractivity contribution in [3.05, 3.63) is 23.5 Å². The Morgan fingerprint density at radius 1 is 1.59 bits per heavy atom. The Balaban J connectivity index is 2.51. The van der Waals surface area contributed by atoms with Crippen molar-refractivity contribution >= 4 is 17.7 Å². The predicted octanol–water partition coefficient (Wildman–Crippen LogP) is 2.35. The summed E-state index contributed by atoms with van der Waals surface area (Å²) in [5, 5.41) is 8.76. The van der Waals surface area contributed by atoms with Gasteiger partial charge in [0, 0.05) is 29.3 Å². The summed E-state index contributed by atoms with van der Waals surface area (Å²) in [5.41, 5.74) is 1.83. The first-order valence-electron chi connectivity index (χ1n) is 5.35. The Labute approximate surface area is 105 Å². The van der Waals surface area contributed by atoms with E-state index in [1.165, 1.54) is 0 Å². The number of thioether (sulfide) groups is 1. The summed E-state index contributed by atoms with van der Waals surface area (Å²) >= 11 is 1.57.